The molecule has 2 aromatic rings. The van der Waals surface area contributed by atoms with Crippen molar-refractivity contribution in [2.75, 3.05) is 19.7 Å². The molecule has 1 aromatic heterocycles. The largest absolute Gasteiger partial charge is 0.367 e. The molecule has 1 aliphatic rings. The fourth-order valence-corrected chi connectivity index (χ4v) is 3.09. The predicted octanol–water partition coefficient (Wildman–Crippen LogP) is 2.43. The lowest BCUT2D eigenvalue weighted by atomic mass is 9.96. The molecule has 1 amide bonds. The van der Waals surface area contributed by atoms with Crippen molar-refractivity contribution in [1.82, 2.24) is 14.7 Å². The van der Waals surface area contributed by atoms with Crippen LogP contribution in [0.15, 0.2) is 42.7 Å². The van der Waals surface area contributed by atoms with Crippen LogP contribution in [-0.4, -0.2) is 40.3 Å². The van der Waals surface area contributed by atoms with E-state index in [2.05, 4.69) is 5.10 Å². The average Bonchev–Trinajstić information content (AvgIpc) is 3.03. The van der Waals surface area contributed by atoms with E-state index < -0.39 is 5.60 Å². The van der Waals surface area contributed by atoms with E-state index in [0.717, 1.165) is 11.1 Å². The number of morpholine rings is 1. The molecule has 0 radical (unpaired) electrons. The van der Waals surface area contributed by atoms with Crippen LogP contribution in [-0.2, 0) is 22.2 Å². The topological polar surface area (TPSA) is 73.4 Å². The number of benzene rings is 1. The summed E-state index contributed by atoms with van der Waals surface area (Å²) >= 11 is 0. The molecule has 1 saturated heterocycles. The lowest BCUT2D eigenvalue weighted by Gasteiger charge is -2.40. The number of ether oxygens (including phenoxy) is 1. The summed E-state index contributed by atoms with van der Waals surface area (Å²) < 4.78 is 7.70. The van der Waals surface area contributed by atoms with Gasteiger partial charge in [0.1, 0.15) is 5.60 Å². The van der Waals surface area contributed by atoms with Gasteiger partial charge in [0.05, 0.1) is 19.3 Å². The SMILES string of the molecule is Cl.Cl.Cn1cc(C2(C)CN(C(=O)CC(N)c3ccccc3)CCO2)cn1. The maximum atomic E-state index is 12.7. The third kappa shape index (κ3) is 4.98. The number of halogens is 2. The second-order valence-corrected chi connectivity index (χ2v) is 6.52. The number of rotatable bonds is 4. The van der Waals surface area contributed by atoms with Crippen molar-refractivity contribution in [3.8, 4) is 0 Å². The minimum atomic E-state index is -0.529. The summed E-state index contributed by atoms with van der Waals surface area (Å²) in [6, 6.07) is 9.45. The zero-order valence-electron chi connectivity index (χ0n) is 15.0. The van der Waals surface area contributed by atoms with Crippen LogP contribution in [0.25, 0.3) is 0 Å². The molecular formula is C18H26Cl2N4O2. The lowest BCUT2D eigenvalue weighted by Crippen LogP contribution is -2.50. The van der Waals surface area contributed by atoms with E-state index in [1.807, 2.05) is 55.4 Å². The van der Waals surface area contributed by atoms with Gasteiger partial charge in [0, 0.05) is 37.8 Å². The highest BCUT2D eigenvalue weighted by Crippen LogP contribution is 2.29. The Balaban J connectivity index is 0.00000169. The number of hydrogen-bond acceptors (Lipinski definition) is 4. The van der Waals surface area contributed by atoms with E-state index in [9.17, 15) is 4.79 Å². The van der Waals surface area contributed by atoms with Crippen molar-refractivity contribution in [2.24, 2.45) is 12.8 Å². The minimum absolute atomic E-state index is 0. The second-order valence-electron chi connectivity index (χ2n) is 6.52. The summed E-state index contributed by atoms with van der Waals surface area (Å²) in [7, 11) is 1.87. The molecule has 26 heavy (non-hydrogen) atoms. The van der Waals surface area contributed by atoms with Gasteiger partial charge in [-0.15, -0.1) is 24.8 Å². The highest BCUT2D eigenvalue weighted by Gasteiger charge is 2.36. The molecule has 8 heteroatoms. The van der Waals surface area contributed by atoms with E-state index >= 15 is 0 Å². The Hall–Kier alpha value is -1.60. The van der Waals surface area contributed by atoms with Crippen LogP contribution in [0.4, 0.5) is 0 Å². The van der Waals surface area contributed by atoms with Crippen LogP contribution in [0.2, 0.25) is 0 Å². The van der Waals surface area contributed by atoms with Gasteiger partial charge >= 0.3 is 0 Å². The first kappa shape index (κ1) is 22.4. The molecule has 3 rings (SSSR count). The molecule has 2 atom stereocenters. The molecule has 144 valence electrons. The Morgan fingerprint density at radius 3 is 2.65 bits per heavy atom. The van der Waals surface area contributed by atoms with E-state index in [4.69, 9.17) is 10.5 Å². The van der Waals surface area contributed by atoms with Gasteiger partial charge in [-0.3, -0.25) is 9.48 Å². The van der Waals surface area contributed by atoms with E-state index in [-0.39, 0.29) is 36.8 Å². The first-order valence-corrected chi connectivity index (χ1v) is 8.19. The van der Waals surface area contributed by atoms with Gasteiger partial charge in [0.2, 0.25) is 5.91 Å². The van der Waals surface area contributed by atoms with E-state index in [0.29, 0.717) is 26.1 Å². The van der Waals surface area contributed by atoms with E-state index in [1.54, 1.807) is 10.9 Å². The molecule has 6 nitrogen and oxygen atoms in total. The minimum Gasteiger partial charge on any atom is -0.367 e. The highest BCUT2D eigenvalue weighted by molar-refractivity contribution is 5.85. The summed E-state index contributed by atoms with van der Waals surface area (Å²) in [6.45, 7) is 3.62. The zero-order valence-corrected chi connectivity index (χ0v) is 16.6. The van der Waals surface area contributed by atoms with Gasteiger partial charge in [-0.1, -0.05) is 30.3 Å². The fraction of sp³-hybridized carbons (Fsp3) is 0.444. The molecule has 1 aromatic carbocycles. The number of amides is 1. The number of aryl methyl sites for hydroxylation is 1. The zero-order chi connectivity index (χ0) is 17.2. The summed E-state index contributed by atoms with van der Waals surface area (Å²) in [4.78, 5) is 14.5. The summed E-state index contributed by atoms with van der Waals surface area (Å²) in [5.74, 6) is 0.0600. The molecule has 2 N–H and O–H groups in total. The van der Waals surface area contributed by atoms with Gasteiger partial charge in [-0.25, -0.2) is 0 Å². The first-order valence-electron chi connectivity index (χ1n) is 8.19. The fourth-order valence-electron chi connectivity index (χ4n) is 3.09. The van der Waals surface area contributed by atoms with Crippen LogP contribution in [0.5, 0.6) is 0 Å². The number of hydrogen-bond donors (Lipinski definition) is 1. The van der Waals surface area contributed by atoms with Crippen LogP contribution < -0.4 is 5.73 Å². The summed E-state index contributed by atoms with van der Waals surface area (Å²) in [6.07, 6.45) is 4.03. The molecule has 2 heterocycles. The third-order valence-electron chi connectivity index (χ3n) is 4.56. The van der Waals surface area contributed by atoms with Crippen LogP contribution >= 0.6 is 24.8 Å². The van der Waals surface area contributed by atoms with Crippen LogP contribution in [0.1, 0.15) is 30.5 Å². The van der Waals surface area contributed by atoms with Gasteiger partial charge in [-0.2, -0.15) is 5.10 Å². The van der Waals surface area contributed by atoms with Crippen molar-refractivity contribution in [1.29, 1.82) is 0 Å². The molecular weight excluding hydrogens is 375 g/mol. The molecule has 0 bridgehead atoms. The Bertz CT molecular complexity index is 710. The van der Waals surface area contributed by atoms with Crippen molar-refractivity contribution >= 4 is 30.7 Å². The Kier molecular flexibility index (Phi) is 8.09. The van der Waals surface area contributed by atoms with Gasteiger partial charge in [-0.05, 0) is 12.5 Å². The summed E-state index contributed by atoms with van der Waals surface area (Å²) in [5, 5.41) is 4.21. The quantitative estimate of drug-likeness (QED) is 0.854. The number of nitrogens with two attached hydrogens (primary N) is 1. The Morgan fingerprint density at radius 2 is 2.04 bits per heavy atom. The smallest absolute Gasteiger partial charge is 0.224 e. The molecule has 1 fully saturated rings. The highest BCUT2D eigenvalue weighted by atomic mass is 35.5. The second kappa shape index (κ2) is 9.37. The maximum absolute atomic E-state index is 12.7. The third-order valence-corrected chi connectivity index (χ3v) is 4.56. The predicted molar refractivity (Wildman–Crippen MR) is 106 cm³/mol. The number of nitrogens with zero attached hydrogens (tertiary/aromatic N) is 3. The number of aromatic nitrogens is 2. The molecule has 0 aliphatic carbocycles. The molecule has 0 spiro atoms. The molecule has 1 aliphatic heterocycles. The molecule has 0 saturated carbocycles. The monoisotopic (exact) mass is 400 g/mol. The maximum Gasteiger partial charge on any atom is 0.224 e. The van der Waals surface area contributed by atoms with Gasteiger partial charge < -0.3 is 15.4 Å². The normalized spacial score (nSPS) is 20.7. The van der Waals surface area contributed by atoms with Crippen molar-refractivity contribution in [3.63, 3.8) is 0 Å². The Labute approximate surface area is 166 Å². The van der Waals surface area contributed by atoms with Crippen molar-refractivity contribution in [3.05, 3.63) is 53.9 Å². The standard InChI is InChI=1S/C18H24N4O2.2ClH/c1-18(15-11-20-21(2)12-15)13-22(8-9-24-18)17(23)10-16(19)14-6-4-3-5-7-14;;/h3-7,11-12,16H,8-10,13,19H2,1-2H3;2*1H. The van der Waals surface area contributed by atoms with Gasteiger partial charge in [0.25, 0.3) is 0 Å². The molecule has 2 unspecified atom stereocenters. The van der Waals surface area contributed by atoms with Crippen LogP contribution in [0, 0.1) is 0 Å². The van der Waals surface area contributed by atoms with E-state index in [1.165, 1.54) is 0 Å². The average molecular weight is 401 g/mol. The van der Waals surface area contributed by atoms with Crippen LogP contribution in [0.3, 0.4) is 0 Å². The Morgan fingerprint density at radius 1 is 1.35 bits per heavy atom. The number of carbonyl (C=O) groups excluding carboxylic acids is 1. The first-order chi connectivity index (χ1) is 11.5. The van der Waals surface area contributed by atoms with Crippen molar-refractivity contribution < 1.29 is 9.53 Å². The lowest BCUT2D eigenvalue weighted by molar-refractivity contribution is -0.150. The van der Waals surface area contributed by atoms with Gasteiger partial charge in [0.15, 0.2) is 0 Å². The number of carbonyl (C=O) groups is 1. The summed E-state index contributed by atoms with van der Waals surface area (Å²) in [5.41, 5.74) is 7.63. The van der Waals surface area contributed by atoms with Crippen molar-refractivity contribution in [2.45, 2.75) is 25.0 Å².